The molecule has 1 heterocycles. The third kappa shape index (κ3) is 3.80. The second-order valence-corrected chi connectivity index (χ2v) is 7.64. The number of ether oxygens (including phenoxy) is 1. The van der Waals surface area contributed by atoms with Crippen LogP contribution in [0.3, 0.4) is 0 Å². The Morgan fingerprint density at radius 2 is 2.00 bits per heavy atom. The Morgan fingerprint density at radius 3 is 2.73 bits per heavy atom. The summed E-state index contributed by atoms with van der Waals surface area (Å²) in [6, 6.07) is 11.5. The van der Waals surface area contributed by atoms with Gasteiger partial charge >= 0.3 is 4.87 Å². The number of amides is 1. The maximum atomic E-state index is 12.3. The Morgan fingerprint density at radius 1 is 1.23 bits per heavy atom. The van der Waals surface area contributed by atoms with E-state index in [0.29, 0.717) is 11.6 Å². The maximum absolute atomic E-state index is 12.3. The standard InChI is InChI=1S/C20H22N2O3S/c1-12(2)15-7-5-13(3)9-17(15)25-11-19(23)21-14-6-8-16-18(10-14)26-20(24)22(16)4/h5-10,12H,11H2,1-4H3,(H,21,23). The number of nitrogens with one attached hydrogen (secondary N) is 1. The van der Waals surface area contributed by atoms with Gasteiger partial charge in [-0.15, -0.1) is 0 Å². The molecule has 5 nitrogen and oxygen atoms in total. The molecule has 0 saturated carbocycles. The van der Waals surface area contributed by atoms with Gasteiger partial charge in [-0.2, -0.15) is 0 Å². The van der Waals surface area contributed by atoms with Crippen molar-refractivity contribution in [3.63, 3.8) is 0 Å². The van der Waals surface area contributed by atoms with Crippen LogP contribution in [0.1, 0.15) is 30.9 Å². The Bertz CT molecular complexity index is 1020. The Hall–Kier alpha value is -2.60. The van der Waals surface area contributed by atoms with Gasteiger partial charge in [0, 0.05) is 12.7 Å². The molecule has 3 aromatic rings. The van der Waals surface area contributed by atoms with Crippen molar-refractivity contribution in [1.82, 2.24) is 4.57 Å². The number of benzene rings is 2. The number of thiazole rings is 1. The molecule has 2 aromatic carbocycles. The van der Waals surface area contributed by atoms with E-state index in [-0.39, 0.29) is 17.4 Å². The van der Waals surface area contributed by atoms with Crippen LogP contribution in [-0.2, 0) is 11.8 Å². The number of hydrogen-bond donors (Lipinski definition) is 1. The number of nitrogens with zero attached hydrogens (tertiary/aromatic N) is 1. The zero-order chi connectivity index (χ0) is 18.8. The number of aryl methyl sites for hydroxylation is 2. The van der Waals surface area contributed by atoms with Gasteiger partial charge in [-0.25, -0.2) is 0 Å². The van der Waals surface area contributed by atoms with Crippen molar-refractivity contribution in [2.75, 3.05) is 11.9 Å². The molecular formula is C20H22N2O3S. The molecule has 0 radical (unpaired) electrons. The molecule has 0 aliphatic rings. The van der Waals surface area contributed by atoms with Crippen LogP contribution in [0, 0.1) is 6.92 Å². The molecule has 0 atom stereocenters. The van der Waals surface area contributed by atoms with Gasteiger partial charge in [-0.1, -0.05) is 37.3 Å². The van der Waals surface area contributed by atoms with Crippen LogP contribution in [0.15, 0.2) is 41.2 Å². The molecular weight excluding hydrogens is 348 g/mol. The van der Waals surface area contributed by atoms with Crippen LogP contribution < -0.4 is 14.9 Å². The summed E-state index contributed by atoms with van der Waals surface area (Å²) in [7, 11) is 1.74. The molecule has 6 heteroatoms. The van der Waals surface area contributed by atoms with Gasteiger partial charge in [0.2, 0.25) is 0 Å². The SMILES string of the molecule is Cc1ccc(C(C)C)c(OCC(=O)Nc2ccc3c(c2)sc(=O)n3C)c1. The van der Waals surface area contributed by atoms with E-state index in [1.807, 2.05) is 37.3 Å². The van der Waals surface area contributed by atoms with Crippen LogP contribution in [0.25, 0.3) is 10.2 Å². The Labute approximate surface area is 156 Å². The van der Waals surface area contributed by atoms with Crippen molar-refractivity contribution in [3.8, 4) is 5.75 Å². The van der Waals surface area contributed by atoms with Crippen LogP contribution >= 0.6 is 11.3 Å². The molecule has 1 aromatic heterocycles. The summed E-state index contributed by atoms with van der Waals surface area (Å²) in [6.45, 7) is 6.13. The lowest BCUT2D eigenvalue weighted by atomic mass is 10.0. The number of carbonyl (C=O) groups is 1. The smallest absolute Gasteiger partial charge is 0.307 e. The maximum Gasteiger partial charge on any atom is 0.307 e. The fourth-order valence-electron chi connectivity index (χ4n) is 2.80. The van der Waals surface area contributed by atoms with E-state index in [0.717, 1.165) is 38.4 Å². The molecule has 3 rings (SSSR count). The molecule has 0 spiro atoms. The highest BCUT2D eigenvalue weighted by molar-refractivity contribution is 7.16. The van der Waals surface area contributed by atoms with Crippen LogP contribution in [0.4, 0.5) is 5.69 Å². The summed E-state index contributed by atoms with van der Waals surface area (Å²) in [5, 5.41) is 2.83. The minimum Gasteiger partial charge on any atom is -0.483 e. The van der Waals surface area contributed by atoms with Gasteiger partial charge in [-0.05, 0) is 48.2 Å². The molecule has 136 valence electrons. The van der Waals surface area contributed by atoms with Gasteiger partial charge in [-0.3, -0.25) is 9.59 Å². The average Bonchev–Trinajstić information content (AvgIpc) is 2.86. The highest BCUT2D eigenvalue weighted by Crippen LogP contribution is 2.27. The summed E-state index contributed by atoms with van der Waals surface area (Å²) >= 11 is 1.16. The number of rotatable bonds is 5. The molecule has 0 saturated heterocycles. The molecule has 1 N–H and O–H groups in total. The summed E-state index contributed by atoms with van der Waals surface area (Å²) in [6.07, 6.45) is 0. The summed E-state index contributed by atoms with van der Waals surface area (Å²) in [5.41, 5.74) is 3.69. The molecule has 0 aliphatic carbocycles. The number of carbonyl (C=O) groups excluding carboxylic acids is 1. The fraction of sp³-hybridized carbons (Fsp3) is 0.300. The van der Waals surface area contributed by atoms with Crippen molar-refractivity contribution < 1.29 is 9.53 Å². The fourth-order valence-corrected chi connectivity index (χ4v) is 3.71. The van der Waals surface area contributed by atoms with E-state index in [4.69, 9.17) is 4.74 Å². The Kier molecular flexibility index (Phi) is 5.13. The predicted molar refractivity (Wildman–Crippen MR) is 106 cm³/mol. The van der Waals surface area contributed by atoms with Crippen molar-refractivity contribution >= 4 is 33.1 Å². The minimum absolute atomic E-state index is 0.0209. The number of fused-ring (bicyclic) bond motifs is 1. The lowest BCUT2D eigenvalue weighted by Gasteiger charge is -2.15. The van der Waals surface area contributed by atoms with Crippen molar-refractivity contribution in [2.24, 2.45) is 7.05 Å². The van der Waals surface area contributed by atoms with Gasteiger partial charge in [0.1, 0.15) is 5.75 Å². The average molecular weight is 370 g/mol. The number of hydrogen-bond acceptors (Lipinski definition) is 4. The molecule has 0 fully saturated rings. The van der Waals surface area contributed by atoms with Crippen LogP contribution in [-0.4, -0.2) is 17.1 Å². The monoisotopic (exact) mass is 370 g/mol. The topological polar surface area (TPSA) is 60.3 Å². The van der Waals surface area contributed by atoms with Gasteiger partial charge < -0.3 is 14.6 Å². The minimum atomic E-state index is -0.233. The van der Waals surface area contributed by atoms with Crippen LogP contribution in [0.5, 0.6) is 5.75 Å². The highest BCUT2D eigenvalue weighted by atomic mass is 32.1. The lowest BCUT2D eigenvalue weighted by molar-refractivity contribution is -0.118. The first kappa shape index (κ1) is 18.2. The van der Waals surface area contributed by atoms with E-state index in [9.17, 15) is 9.59 Å². The van der Waals surface area contributed by atoms with E-state index >= 15 is 0 Å². The highest BCUT2D eigenvalue weighted by Gasteiger charge is 2.11. The van der Waals surface area contributed by atoms with Crippen LogP contribution in [0.2, 0.25) is 0 Å². The zero-order valence-electron chi connectivity index (χ0n) is 15.3. The summed E-state index contributed by atoms with van der Waals surface area (Å²) in [5.74, 6) is 0.827. The third-order valence-corrected chi connectivity index (χ3v) is 5.22. The quantitative estimate of drug-likeness (QED) is 0.737. The molecule has 1 amide bonds. The first-order valence-electron chi connectivity index (χ1n) is 8.48. The van der Waals surface area contributed by atoms with Crippen molar-refractivity contribution in [2.45, 2.75) is 26.7 Å². The first-order chi connectivity index (χ1) is 12.3. The zero-order valence-corrected chi connectivity index (χ0v) is 16.1. The largest absolute Gasteiger partial charge is 0.483 e. The third-order valence-electron chi connectivity index (χ3n) is 4.23. The predicted octanol–water partition coefficient (Wildman–Crippen LogP) is 4.05. The van der Waals surface area contributed by atoms with E-state index in [2.05, 4.69) is 19.2 Å². The van der Waals surface area contributed by atoms with E-state index in [1.54, 1.807) is 17.7 Å². The summed E-state index contributed by atoms with van der Waals surface area (Å²) in [4.78, 5) is 24.0. The number of anilines is 1. The van der Waals surface area contributed by atoms with Crippen molar-refractivity contribution in [1.29, 1.82) is 0 Å². The van der Waals surface area contributed by atoms with E-state index in [1.165, 1.54) is 0 Å². The molecule has 0 bridgehead atoms. The second kappa shape index (κ2) is 7.33. The molecule has 0 aliphatic heterocycles. The van der Waals surface area contributed by atoms with E-state index < -0.39 is 0 Å². The number of aromatic nitrogens is 1. The van der Waals surface area contributed by atoms with Gasteiger partial charge in [0.25, 0.3) is 5.91 Å². The summed E-state index contributed by atoms with van der Waals surface area (Å²) < 4.78 is 8.20. The molecule has 0 unspecified atom stereocenters. The normalized spacial score (nSPS) is 11.1. The second-order valence-electron chi connectivity index (χ2n) is 6.64. The Balaban J connectivity index is 1.70. The van der Waals surface area contributed by atoms with Gasteiger partial charge in [0.05, 0.1) is 10.2 Å². The van der Waals surface area contributed by atoms with Gasteiger partial charge in [0.15, 0.2) is 6.61 Å². The molecule has 26 heavy (non-hydrogen) atoms. The first-order valence-corrected chi connectivity index (χ1v) is 9.29. The van der Waals surface area contributed by atoms with Crippen molar-refractivity contribution in [3.05, 3.63) is 57.2 Å². The lowest BCUT2D eigenvalue weighted by Crippen LogP contribution is -2.20.